The number of carbonyl (C=O) groups excluding carboxylic acids is 1. The Balaban J connectivity index is 2.01. The van der Waals surface area contributed by atoms with E-state index in [2.05, 4.69) is 0 Å². The van der Waals surface area contributed by atoms with E-state index < -0.39 is 5.60 Å². The molecular formula is C12H22N2O2. The molecule has 1 unspecified atom stereocenters. The highest BCUT2D eigenvalue weighted by Crippen LogP contribution is 2.48. The summed E-state index contributed by atoms with van der Waals surface area (Å²) in [5.41, 5.74) is 5.59. The Morgan fingerprint density at radius 2 is 2.06 bits per heavy atom. The standard InChI is InChI=1S/C12H22N2O2/c1-11(2,3)16-10(15)14-7-4-9(13)8-12(14)5-6-12/h9H,4-8,13H2,1-3H3. The maximum Gasteiger partial charge on any atom is 0.410 e. The van der Waals surface area contributed by atoms with Gasteiger partial charge >= 0.3 is 6.09 Å². The van der Waals surface area contributed by atoms with Crippen molar-refractivity contribution >= 4 is 6.09 Å². The van der Waals surface area contributed by atoms with Crippen LogP contribution in [0.25, 0.3) is 0 Å². The maximum absolute atomic E-state index is 12.0. The van der Waals surface area contributed by atoms with Crippen molar-refractivity contribution in [3.63, 3.8) is 0 Å². The predicted molar refractivity (Wildman–Crippen MR) is 62.1 cm³/mol. The first-order chi connectivity index (χ1) is 7.32. The van der Waals surface area contributed by atoms with Gasteiger partial charge in [-0.1, -0.05) is 0 Å². The molecule has 0 aromatic carbocycles. The van der Waals surface area contributed by atoms with Gasteiger partial charge in [0, 0.05) is 18.1 Å². The molecule has 4 heteroatoms. The van der Waals surface area contributed by atoms with Crippen molar-refractivity contribution in [1.82, 2.24) is 4.90 Å². The van der Waals surface area contributed by atoms with Crippen LogP contribution < -0.4 is 5.73 Å². The van der Waals surface area contributed by atoms with Crippen LogP contribution in [0, 0.1) is 0 Å². The van der Waals surface area contributed by atoms with Crippen LogP contribution in [0.4, 0.5) is 4.79 Å². The molecule has 2 aliphatic rings. The van der Waals surface area contributed by atoms with Crippen LogP contribution in [0.2, 0.25) is 0 Å². The topological polar surface area (TPSA) is 55.6 Å². The van der Waals surface area contributed by atoms with Crippen LogP contribution in [0.5, 0.6) is 0 Å². The van der Waals surface area contributed by atoms with Crippen molar-refractivity contribution in [2.45, 2.75) is 63.6 Å². The van der Waals surface area contributed by atoms with E-state index in [9.17, 15) is 4.79 Å². The van der Waals surface area contributed by atoms with Crippen molar-refractivity contribution in [2.75, 3.05) is 6.54 Å². The summed E-state index contributed by atoms with van der Waals surface area (Å²) in [6, 6.07) is 0.251. The maximum atomic E-state index is 12.0. The van der Waals surface area contributed by atoms with E-state index in [4.69, 9.17) is 10.5 Å². The average molecular weight is 226 g/mol. The van der Waals surface area contributed by atoms with Gasteiger partial charge in [0.1, 0.15) is 5.60 Å². The summed E-state index contributed by atoms with van der Waals surface area (Å²) in [5.74, 6) is 0. The molecule has 92 valence electrons. The number of likely N-dealkylation sites (tertiary alicyclic amines) is 1. The van der Waals surface area contributed by atoms with Gasteiger partial charge < -0.3 is 15.4 Å². The van der Waals surface area contributed by atoms with Crippen molar-refractivity contribution in [3.05, 3.63) is 0 Å². The number of piperidine rings is 1. The van der Waals surface area contributed by atoms with Crippen LogP contribution in [-0.4, -0.2) is 34.7 Å². The quantitative estimate of drug-likeness (QED) is 0.686. The third kappa shape index (κ3) is 2.32. The largest absolute Gasteiger partial charge is 0.444 e. The minimum atomic E-state index is -0.410. The minimum absolute atomic E-state index is 0.0417. The summed E-state index contributed by atoms with van der Waals surface area (Å²) < 4.78 is 5.43. The van der Waals surface area contributed by atoms with Gasteiger partial charge in [-0.15, -0.1) is 0 Å². The molecule has 1 saturated heterocycles. The molecular weight excluding hydrogens is 204 g/mol. The van der Waals surface area contributed by atoms with Gasteiger partial charge in [-0.25, -0.2) is 4.79 Å². The van der Waals surface area contributed by atoms with E-state index in [0.717, 1.165) is 32.2 Å². The van der Waals surface area contributed by atoms with E-state index in [1.807, 2.05) is 25.7 Å². The summed E-state index contributed by atoms with van der Waals surface area (Å²) >= 11 is 0. The minimum Gasteiger partial charge on any atom is -0.444 e. The molecule has 2 fully saturated rings. The van der Waals surface area contributed by atoms with E-state index in [-0.39, 0.29) is 17.7 Å². The monoisotopic (exact) mass is 226 g/mol. The molecule has 1 heterocycles. The van der Waals surface area contributed by atoms with Crippen molar-refractivity contribution in [1.29, 1.82) is 0 Å². The average Bonchev–Trinajstić information content (AvgIpc) is 2.81. The number of nitrogens with zero attached hydrogens (tertiary/aromatic N) is 1. The first-order valence-corrected chi connectivity index (χ1v) is 6.09. The lowest BCUT2D eigenvalue weighted by Crippen LogP contribution is -2.52. The molecule has 1 amide bonds. The lowest BCUT2D eigenvalue weighted by Gasteiger charge is -2.39. The van der Waals surface area contributed by atoms with Crippen LogP contribution in [0.1, 0.15) is 46.5 Å². The smallest absolute Gasteiger partial charge is 0.410 e. The fraction of sp³-hybridized carbons (Fsp3) is 0.917. The Bertz CT molecular complexity index is 292. The molecule has 1 aliphatic carbocycles. The molecule has 1 saturated carbocycles. The zero-order chi connectivity index (χ0) is 12.0. The molecule has 1 spiro atoms. The molecule has 16 heavy (non-hydrogen) atoms. The van der Waals surface area contributed by atoms with E-state index in [1.54, 1.807) is 0 Å². The third-order valence-corrected chi connectivity index (χ3v) is 3.38. The van der Waals surface area contributed by atoms with Crippen LogP contribution >= 0.6 is 0 Å². The Hall–Kier alpha value is -0.770. The van der Waals surface area contributed by atoms with Gasteiger partial charge in [0.25, 0.3) is 0 Å². The van der Waals surface area contributed by atoms with Gasteiger partial charge in [-0.3, -0.25) is 0 Å². The van der Waals surface area contributed by atoms with E-state index >= 15 is 0 Å². The van der Waals surface area contributed by atoms with Crippen LogP contribution in [0.15, 0.2) is 0 Å². The lowest BCUT2D eigenvalue weighted by atomic mass is 9.96. The molecule has 1 aliphatic heterocycles. The van der Waals surface area contributed by atoms with Crippen LogP contribution in [0.3, 0.4) is 0 Å². The summed E-state index contributed by atoms with van der Waals surface area (Å²) in [5, 5.41) is 0. The first-order valence-electron chi connectivity index (χ1n) is 6.09. The molecule has 0 radical (unpaired) electrons. The van der Waals surface area contributed by atoms with Gasteiger partial charge in [0.15, 0.2) is 0 Å². The second kappa shape index (κ2) is 3.62. The predicted octanol–water partition coefficient (Wildman–Crippen LogP) is 1.88. The number of amides is 1. The van der Waals surface area contributed by atoms with Gasteiger partial charge in [0.05, 0.1) is 0 Å². The second-order valence-electron chi connectivity index (χ2n) is 6.11. The zero-order valence-electron chi connectivity index (χ0n) is 10.5. The van der Waals surface area contributed by atoms with Crippen molar-refractivity contribution in [3.8, 4) is 0 Å². The summed E-state index contributed by atoms with van der Waals surface area (Å²) in [4.78, 5) is 13.9. The number of nitrogens with two attached hydrogens (primary N) is 1. The first kappa shape index (κ1) is 11.7. The Kier molecular flexibility index (Phi) is 2.65. The van der Waals surface area contributed by atoms with Crippen molar-refractivity contribution in [2.24, 2.45) is 5.73 Å². The molecule has 1 atom stereocenters. The SMILES string of the molecule is CC(C)(C)OC(=O)N1CCC(N)CC12CC2. The fourth-order valence-electron chi connectivity index (χ4n) is 2.45. The summed E-state index contributed by atoms with van der Waals surface area (Å²) in [6.45, 7) is 6.45. The Morgan fingerprint density at radius 1 is 1.44 bits per heavy atom. The number of hydrogen-bond donors (Lipinski definition) is 1. The highest BCUT2D eigenvalue weighted by Gasteiger charge is 2.53. The number of rotatable bonds is 0. The molecule has 0 aromatic heterocycles. The van der Waals surface area contributed by atoms with E-state index in [0.29, 0.717) is 0 Å². The molecule has 0 aromatic rings. The number of ether oxygens (including phenoxy) is 1. The summed E-state index contributed by atoms with van der Waals surface area (Å²) in [7, 11) is 0. The molecule has 4 nitrogen and oxygen atoms in total. The van der Waals surface area contributed by atoms with Crippen LogP contribution in [-0.2, 0) is 4.74 Å². The Morgan fingerprint density at radius 3 is 2.56 bits per heavy atom. The molecule has 2 N–H and O–H groups in total. The van der Waals surface area contributed by atoms with Crippen molar-refractivity contribution < 1.29 is 9.53 Å². The normalized spacial score (nSPS) is 28.0. The number of carbonyl (C=O) groups is 1. The third-order valence-electron chi connectivity index (χ3n) is 3.38. The zero-order valence-corrected chi connectivity index (χ0v) is 10.5. The highest BCUT2D eigenvalue weighted by atomic mass is 16.6. The Labute approximate surface area is 97.1 Å². The fourth-order valence-corrected chi connectivity index (χ4v) is 2.45. The lowest BCUT2D eigenvalue weighted by molar-refractivity contribution is 0.00410. The van der Waals surface area contributed by atoms with E-state index in [1.165, 1.54) is 0 Å². The summed E-state index contributed by atoms with van der Waals surface area (Å²) in [6.07, 6.45) is 3.82. The number of hydrogen-bond acceptors (Lipinski definition) is 3. The second-order valence-corrected chi connectivity index (χ2v) is 6.11. The van der Waals surface area contributed by atoms with Gasteiger partial charge in [-0.05, 0) is 46.5 Å². The van der Waals surface area contributed by atoms with Gasteiger partial charge in [-0.2, -0.15) is 0 Å². The van der Waals surface area contributed by atoms with Gasteiger partial charge in [0.2, 0.25) is 0 Å². The highest BCUT2D eigenvalue weighted by molar-refractivity contribution is 5.70. The molecule has 0 bridgehead atoms. The molecule has 2 rings (SSSR count).